The zero-order valence-corrected chi connectivity index (χ0v) is 18.9. The maximum atomic E-state index is 13.2. The lowest BCUT2D eigenvalue weighted by Gasteiger charge is -2.29. The number of carboxylic acids is 1. The number of fused-ring (bicyclic) bond motifs is 1. The van der Waals surface area contributed by atoms with Crippen molar-refractivity contribution in [2.75, 3.05) is 16.2 Å². The van der Waals surface area contributed by atoms with E-state index in [-0.39, 0.29) is 24.6 Å². The van der Waals surface area contributed by atoms with Gasteiger partial charge in [-0.1, -0.05) is 29.8 Å². The van der Waals surface area contributed by atoms with Crippen LogP contribution in [0.25, 0.3) is 0 Å². The molecule has 0 bridgehead atoms. The number of carbonyl (C=O) groups is 2. The lowest BCUT2D eigenvalue weighted by molar-refractivity contribution is -0.136. The van der Waals surface area contributed by atoms with Gasteiger partial charge in [0.1, 0.15) is 12.2 Å². The maximum Gasteiger partial charge on any atom is 0.336 e. The highest BCUT2D eigenvalue weighted by molar-refractivity contribution is 7.92. The Labute approximate surface area is 195 Å². The summed E-state index contributed by atoms with van der Waals surface area (Å²) in [6.07, 6.45) is 2.04. The summed E-state index contributed by atoms with van der Waals surface area (Å²) in [6, 6.07) is 12.0. The van der Waals surface area contributed by atoms with E-state index in [1.807, 2.05) is 0 Å². The Kier molecular flexibility index (Phi) is 6.39. The van der Waals surface area contributed by atoms with Gasteiger partial charge in [0.2, 0.25) is 5.91 Å². The van der Waals surface area contributed by atoms with Crippen molar-refractivity contribution >= 4 is 44.9 Å². The average Bonchev–Trinajstić information content (AvgIpc) is 3.23. The topological polar surface area (TPSA) is 130 Å². The predicted molar refractivity (Wildman–Crippen MR) is 121 cm³/mol. The first-order valence-corrected chi connectivity index (χ1v) is 11.9. The molecule has 0 aliphatic carbocycles. The van der Waals surface area contributed by atoms with Gasteiger partial charge >= 0.3 is 21.2 Å². The van der Waals surface area contributed by atoms with Crippen LogP contribution in [0.4, 0.5) is 11.4 Å². The number of amides is 1. The summed E-state index contributed by atoms with van der Waals surface area (Å²) < 4.78 is 32.7. The number of benzene rings is 2. The van der Waals surface area contributed by atoms with Crippen LogP contribution in [-0.2, 0) is 38.9 Å². The van der Waals surface area contributed by atoms with Gasteiger partial charge in [0.05, 0.1) is 18.3 Å². The van der Waals surface area contributed by atoms with Crippen LogP contribution < -0.4 is 9.62 Å². The number of aliphatic carboxylic acids is 1. The molecule has 2 N–H and O–H groups in total. The number of hydrogen-bond acceptors (Lipinski definition) is 6. The number of halogens is 1. The zero-order valence-electron chi connectivity index (χ0n) is 17.3. The fourth-order valence-corrected chi connectivity index (χ4v) is 5.11. The number of nitrogens with one attached hydrogen (secondary N) is 1. The van der Waals surface area contributed by atoms with Gasteiger partial charge in [0.15, 0.2) is 0 Å². The summed E-state index contributed by atoms with van der Waals surface area (Å²) in [7, 11) is -4.15. The Morgan fingerprint density at radius 1 is 1.15 bits per heavy atom. The van der Waals surface area contributed by atoms with Crippen molar-refractivity contribution in [3.8, 4) is 0 Å². The molecule has 2 aromatic carbocycles. The Morgan fingerprint density at radius 2 is 1.91 bits per heavy atom. The average molecular weight is 490 g/mol. The van der Waals surface area contributed by atoms with E-state index in [0.717, 1.165) is 17.3 Å². The number of anilines is 2. The summed E-state index contributed by atoms with van der Waals surface area (Å²) >= 11 is 5.87. The molecule has 33 heavy (non-hydrogen) atoms. The van der Waals surface area contributed by atoms with E-state index < -0.39 is 27.6 Å². The third-order valence-electron chi connectivity index (χ3n) is 5.09. The normalized spacial score (nSPS) is 13.4. The van der Waals surface area contributed by atoms with Crippen molar-refractivity contribution in [3.05, 3.63) is 70.6 Å². The third kappa shape index (κ3) is 5.18. The molecular weight excluding hydrogens is 470 g/mol. The Bertz CT molecular complexity index is 1300. The highest BCUT2D eigenvalue weighted by atomic mass is 35.5. The summed E-state index contributed by atoms with van der Waals surface area (Å²) in [5.74, 6) is -1.47. The molecule has 0 fully saturated rings. The van der Waals surface area contributed by atoms with Crippen molar-refractivity contribution in [2.45, 2.75) is 30.9 Å². The number of aromatic nitrogens is 1. The van der Waals surface area contributed by atoms with Crippen LogP contribution >= 0.6 is 11.6 Å². The smallest absolute Gasteiger partial charge is 0.336 e. The molecule has 1 amide bonds. The largest absolute Gasteiger partial charge is 0.481 e. The molecule has 3 aromatic rings. The first-order chi connectivity index (χ1) is 15.7. The van der Waals surface area contributed by atoms with Crippen LogP contribution in [0.3, 0.4) is 0 Å². The van der Waals surface area contributed by atoms with Gasteiger partial charge in [-0.25, -0.2) is 4.98 Å². The summed E-state index contributed by atoms with van der Waals surface area (Å²) in [5, 5.41) is 11.7. The molecule has 1 aromatic heterocycles. The minimum atomic E-state index is -4.15. The summed E-state index contributed by atoms with van der Waals surface area (Å²) in [6.45, 7) is 0.203. The molecule has 2 heterocycles. The summed E-state index contributed by atoms with van der Waals surface area (Å²) in [5.41, 5.74) is 2.47. The predicted octanol–water partition coefficient (Wildman–Crippen LogP) is 3.28. The number of rotatable bonds is 7. The molecule has 0 radical (unpaired) electrons. The van der Waals surface area contributed by atoms with Gasteiger partial charge < -0.3 is 14.8 Å². The second-order valence-electron chi connectivity index (χ2n) is 7.54. The first kappa shape index (κ1) is 22.8. The molecule has 1 aliphatic heterocycles. The van der Waals surface area contributed by atoms with Crippen LogP contribution in [0.5, 0.6) is 0 Å². The first-order valence-electron chi connectivity index (χ1n) is 10.1. The van der Waals surface area contributed by atoms with Gasteiger partial charge in [-0.15, -0.1) is 0 Å². The molecule has 11 heteroatoms. The molecule has 0 saturated carbocycles. The second-order valence-corrected chi connectivity index (χ2v) is 9.72. The van der Waals surface area contributed by atoms with E-state index in [2.05, 4.69) is 10.3 Å². The molecule has 4 rings (SSSR count). The minimum absolute atomic E-state index is 0.0541. The van der Waals surface area contributed by atoms with Crippen LogP contribution in [0.2, 0.25) is 5.02 Å². The molecule has 0 saturated heterocycles. The Morgan fingerprint density at radius 3 is 2.64 bits per heavy atom. The molecule has 9 nitrogen and oxygen atoms in total. The van der Waals surface area contributed by atoms with Crippen molar-refractivity contribution < 1.29 is 27.5 Å². The molecule has 0 atom stereocenters. The van der Waals surface area contributed by atoms with Crippen LogP contribution in [0.15, 0.2) is 58.3 Å². The van der Waals surface area contributed by atoms with Gasteiger partial charge in [-0.2, -0.15) is 8.42 Å². The highest BCUT2D eigenvalue weighted by Crippen LogP contribution is 2.34. The molecule has 0 unspecified atom stereocenters. The fourth-order valence-electron chi connectivity index (χ4n) is 3.60. The number of aryl methyl sites for hydroxylation is 1. The number of carboxylic acid groups (broad SMARTS) is 1. The molecule has 0 spiro atoms. The minimum Gasteiger partial charge on any atom is -0.481 e. The Balaban J connectivity index is 1.56. The number of carbonyl (C=O) groups excluding carboxylic acids is 1. The van der Waals surface area contributed by atoms with E-state index in [1.54, 1.807) is 42.5 Å². The van der Waals surface area contributed by atoms with Gasteiger partial charge in [0.25, 0.3) is 0 Å². The van der Waals surface area contributed by atoms with Crippen LogP contribution in [0, 0.1) is 0 Å². The fraction of sp³-hybridized carbons (Fsp3) is 0.227. The second kappa shape index (κ2) is 9.24. The molecule has 1 aliphatic rings. The maximum absolute atomic E-state index is 13.2. The lowest BCUT2D eigenvalue weighted by atomic mass is 10.0. The quantitative estimate of drug-likeness (QED) is 0.520. The van der Waals surface area contributed by atoms with Crippen molar-refractivity contribution in [3.63, 3.8) is 0 Å². The van der Waals surface area contributed by atoms with Crippen LogP contribution in [0.1, 0.15) is 23.3 Å². The van der Waals surface area contributed by atoms with Gasteiger partial charge in [-0.05, 0) is 48.2 Å². The van der Waals surface area contributed by atoms with E-state index in [9.17, 15) is 18.0 Å². The third-order valence-corrected chi connectivity index (χ3v) is 6.93. The number of hydrogen-bond donors (Lipinski definition) is 2. The molecular formula is C22H20ClN3O6S. The Hall–Kier alpha value is -3.37. The standard InChI is InChI=1S/C22H20ClN3O6S/c23-16-6-3-14(4-7-16)10-20(27)25-17-8-5-15-2-1-9-26(19(15)11-17)33(30,31)22-24-13-18(32-22)12-21(28)29/h3-8,11,13H,1-2,9-10,12H2,(H,25,27)(H,28,29). The highest BCUT2D eigenvalue weighted by Gasteiger charge is 2.33. The lowest BCUT2D eigenvalue weighted by Crippen LogP contribution is -2.35. The van der Waals surface area contributed by atoms with Crippen molar-refractivity contribution in [2.24, 2.45) is 0 Å². The van der Waals surface area contributed by atoms with Crippen molar-refractivity contribution in [1.29, 1.82) is 0 Å². The van der Waals surface area contributed by atoms with Crippen LogP contribution in [-0.4, -0.2) is 36.9 Å². The number of oxazole rings is 1. The van der Waals surface area contributed by atoms with E-state index in [1.165, 1.54) is 4.31 Å². The number of nitrogens with zero attached hydrogens (tertiary/aromatic N) is 2. The van der Waals surface area contributed by atoms with E-state index >= 15 is 0 Å². The van der Waals surface area contributed by atoms with E-state index in [0.29, 0.717) is 29.2 Å². The monoisotopic (exact) mass is 489 g/mol. The van der Waals surface area contributed by atoms with Crippen molar-refractivity contribution in [1.82, 2.24) is 4.98 Å². The van der Waals surface area contributed by atoms with Gasteiger partial charge in [-0.3, -0.25) is 13.9 Å². The SMILES string of the molecule is O=C(O)Cc1cnc(S(=O)(=O)N2CCCc3ccc(NC(=O)Cc4ccc(Cl)cc4)cc32)o1. The number of sulfonamides is 1. The van der Waals surface area contributed by atoms with E-state index in [4.69, 9.17) is 21.1 Å². The van der Waals surface area contributed by atoms with Gasteiger partial charge in [0, 0.05) is 17.3 Å². The zero-order chi connectivity index (χ0) is 23.6. The summed E-state index contributed by atoms with van der Waals surface area (Å²) in [4.78, 5) is 27.1. The molecule has 172 valence electrons.